The maximum atomic E-state index is 11.2. The van der Waals surface area contributed by atoms with Crippen LogP contribution >= 0.6 is 0 Å². The van der Waals surface area contributed by atoms with Crippen molar-refractivity contribution in [2.45, 2.75) is 33.6 Å². The van der Waals surface area contributed by atoms with Gasteiger partial charge in [-0.15, -0.1) is 0 Å². The molecule has 1 N–H and O–H groups in total. The quantitative estimate of drug-likeness (QED) is 0.911. The maximum absolute atomic E-state index is 11.2. The van der Waals surface area contributed by atoms with Crippen LogP contribution in [0.4, 0.5) is 0 Å². The molecule has 0 spiro atoms. The summed E-state index contributed by atoms with van der Waals surface area (Å²) in [4.78, 5) is 15.7. The molecular formula is C15H17NO3. The predicted molar refractivity (Wildman–Crippen MR) is 72.5 cm³/mol. The van der Waals surface area contributed by atoms with Gasteiger partial charge in [-0.3, -0.25) is 4.98 Å². The number of nitrogens with zero attached hydrogens (tertiary/aromatic N) is 1. The van der Waals surface area contributed by atoms with Gasteiger partial charge in [-0.25, -0.2) is 4.79 Å². The number of hydrogen-bond donors (Lipinski definition) is 1. The van der Waals surface area contributed by atoms with E-state index in [1.807, 2.05) is 33.8 Å². The Bertz CT molecular complexity index is 626. The van der Waals surface area contributed by atoms with Gasteiger partial charge >= 0.3 is 5.97 Å². The number of aryl methyl sites for hydroxylation is 2. The second-order valence-corrected chi connectivity index (χ2v) is 4.92. The summed E-state index contributed by atoms with van der Waals surface area (Å²) >= 11 is 0. The van der Waals surface area contributed by atoms with Gasteiger partial charge in [-0.05, 0) is 38.0 Å². The molecule has 0 unspecified atom stereocenters. The van der Waals surface area contributed by atoms with Crippen molar-refractivity contribution in [1.82, 2.24) is 4.98 Å². The van der Waals surface area contributed by atoms with Crippen LogP contribution in [-0.2, 0) is 0 Å². The summed E-state index contributed by atoms with van der Waals surface area (Å²) < 4.78 is 5.49. The van der Waals surface area contributed by atoms with E-state index in [2.05, 4.69) is 4.98 Å². The zero-order valence-electron chi connectivity index (χ0n) is 11.5. The molecule has 0 aromatic carbocycles. The third-order valence-electron chi connectivity index (χ3n) is 3.02. The molecule has 4 heteroatoms. The van der Waals surface area contributed by atoms with Crippen molar-refractivity contribution in [2.24, 2.45) is 0 Å². The minimum absolute atomic E-state index is 0.0550. The second kappa shape index (κ2) is 4.88. The van der Waals surface area contributed by atoms with Gasteiger partial charge in [0.2, 0.25) is 0 Å². The lowest BCUT2D eigenvalue weighted by atomic mass is 10.0. The van der Waals surface area contributed by atoms with E-state index in [-0.39, 0.29) is 11.5 Å². The first kappa shape index (κ1) is 13.3. The zero-order chi connectivity index (χ0) is 14.2. The molecule has 0 saturated carbocycles. The van der Waals surface area contributed by atoms with Crippen LogP contribution in [0.15, 0.2) is 22.6 Å². The van der Waals surface area contributed by atoms with Gasteiger partial charge < -0.3 is 9.52 Å². The summed E-state index contributed by atoms with van der Waals surface area (Å²) in [6.45, 7) is 7.63. The van der Waals surface area contributed by atoms with Crippen molar-refractivity contribution in [3.8, 4) is 11.3 Å². The maximum Gasteiger partial charge on any atom is 0.337 e. The number of aromatic nitrogens is 1. The Hall–Kier alpha value is -2.10. The van der Waals surface area contributed by atoms with Crippen molar-refractivity contribution in [3.05, 3.63) is 41.0 Å². The molecule has 2 heterocycles. The van der Waals surface area contributed by atoms with E-state index >= 15 is 0 Å². The monoisotopic (exact) mass is 259 g/mol. The highest BCUT2D eigenvalue weighted by molar-refractivity contribution is 5.89. The molecule has 0 aliphatic carbocycles. The standard InChI is InChI=1S/C15H17NO3/c1-8(2)14-11(15(17)18)5-6-13(16-14)12-7-9(3)19-10(12)4/h5-8H,1-4H3,(H,17,18). The molecule has 4 nitrogen and oxygen atoms in total. The average Bonchev–Trinajstić information content (AvgIpc) is 2.67. The molecular weight excluding hydrogens is 242 g/mol. The molecule has 0 aliphatic rings. The molecule has 0 atom stereocenters. The fraction of sp³-hybridized carbons (Fsp3) is 0.333. The lowest BCUT2D eigenvalue weighted by Crippen LogP contribution is -2.07. The van der Waals surface area contributed by atoms with Crippen LogP contribution in [0.25, 0.3) is 11.3 Å². The number of carboxylic acids is 1. The van der Waals surface area contributed by atoms with Gasteiger partial charge in [0.1, 0.15) is 11.5 Å². The molecule has 100 valence electrons. The van der Waals surface area contributed by atoms with Crippen LogP contribution in [0, 0.1) is 13.8 Å². The van der Waals surface area contributed by atoms with E-state index in [1.165, 1.54) is 0 Å². The van der Waals surface area contributed by atoms with Gasteiger partial charge in [0, 0.05) is 5.56 Å². The fourth-order valence-corrected chi connectivity index (χ4v) is 2.13. The van der Waals surface area contributed by atoms with E-state index < -0.39 is 5.97 Å². The van der Waals surface area contributed by atoms with Gasteiger partial charge in [-0.1, -0.05) is 13.8 Å². The number of furan rings is 1. The molecule has 2 rings (SSSR count). The molecule has 0 aliphatic heterocycles. The molecule has 0 amide bonds. The lowest BCUT2D eigenvalue weighted by molar-refractivity contribution is 0.0694. The molecule has 0 radical (unpaired) electrons. The second-order valence-electron chi connectivity index (χ2n) is 4.92. The van der Waals surface area contributed by atoms with Crippen LogP contribution < -0.4 is 0 Å². The molecule has 2 aromatic heterocycles. The van der Waals surface area contributed by atoms with E-state index in [0.717, 1.165) is 22.8 Å². The number of carbonyl (C=O) groups is 1. The van der Waals surface area contributed by atoms with Gasteiger partial charge in [0.05, 0.1) is 17.0 Å². The van der Waals surface area contributed by atoms with E-state index in [4.69, 9.17) is 4.42 Å². The van der Waals surface area contributed by atoms with Crippen LogP contribution in [0.2, 0.25) is 0 Å². The fourth-order valence-electron chi connectivity index (χ4n) is 2.13. The SMILES string of the molecule is Cc1cc(-c2ccc(C(=O)O)c(C(C)C)n2)c(C)o1. The average molecular weight is 259 g/mol. The minimum Gasteiger partial charge on any atom is -0.478 e. The van der Waals surface area contributed by atoms with Crippen molar-refractivity contribution >= 4 is 5.97 Å². The van der Waals surface area contributed by atoms with E-state index in [1.54, 1.807) is 12.1 Å². The molecule has 0 fully saturated rings. The number of aromatic carboxylic acids is 1. The Morgan fingerprint density at radius 1 is 1.32 bits per heavy atom. The van der Waals surface area contributed by atoms with Crippen molar-refractivity contribution < 1.29 is 14.3 Å². The first-order valence-corrected chi connectivity index (χ1v) is 6.21. The van der Waals surface area contributed by atoms with Crippen molar-refractivity contribution in [1.29, 1.82) is 0 Å². The summed E-state index contributed by atoms with van der Waals surface area (Å²) in [5, 5.41) is 9.18. The minimum atomic E-state index is -0.942. The first-order valence-electron chi connectivity index (χ1n) is 6.21. The Morgan fingerprint density at radius 3 is 2.47 bits per heavy atom. The third-order valence-corrected chi connectivity index (χ3v) is 3.02. The summed E-state index contributed by atoms with van der Waals surface area (Å²) in [5.74, 6) is 0.729. The third kappa shape index (κ3) is 2.52. The highest BCUT2D eigenvalue weighted by atomic mass is 16.4. The summed E-state index contributed by atoms with van der Waals surface area (Å²) in [6.07, 6.45) is 0. The summed E-state index contributed by atoms with van der Waals surface area (Å²) in [6, 6.07) is 5.26. The van der Waals surface area contributed by atoms with Gasteiger partial charge in [0.15, 0.2) is 0 Å². The Balaban J connectivity index is 2.58. The van der Waals surface area contributed by atoms with Crippen molar-refractivity contribution in [3.63, 3.8) is 0 Å². The van der Waals surface area contributed by atoms with E-state index in [9.17, 15) is 9.90 Å². The topological polar surface area (TPSA) is 63.3 Å². The lowest BCUT2D eigenvalue weighted by Gasteiger charge is -2.10. The Morgan fingerprint density at radius 2 is 2.00 bits per heavy atom. The summed E-state index contributed by atoms with van der Waals surface area (Å²) in [5.41, 5.74) is 2.53. The summed E-state index contributed by atoms with van der Waals surface area (Å²) in [7, 11) is 0. The van der Waals surface area contributed by atoms with Crippen LogP contribution in [0.3, 0.4) is 0 Å². The van der Waals surface area contributed by atoms with Gasteiger partial charge in [-0.2, -0.15) is 0 Å². The molecule has 0 bridgehead atoms. The van der Waals surface area contributed by atoms with Crippen molar-refractivity contribution in [2.75, 3.05) is 0 Å². The van der Waals surface area contributed by atoms with E-state index in [0.29, 0.717) is 5.69 Å². The smallest absolute Gasteiger partial charge is 0.337 e. The first-order chi connectivity index (χ1) is 8.90. The number of rotatable bonds is 3. The molecule has 0 saturated heterocycles. The highest BCUT2D eigenvalue weighted by Crippen LogP contribution is 2.28. The van der Waals surface area contributed by atoms with Crippen LogP contribution in [-0.4, -0.2) is 16.1 Å². The zero-order valence-corrected chi connectivity index (χ0v) is 11.5. The number of hydrogen-bond acceptors (Lipinski definition) is 3. The molecule has 19 heavy (non-hydrogen) atoms. The van der Waals surface area contributed by atoms with Gasteiger partial charge in [0.25, 0.3) is 0 Å². The Kier molecular flexibility index (Phi) is 3.42. The van der Waals surface area contributed by atoms with Crippen LogP contribution in [0.5, 0.6) is 0 Å². The Labute approximate surface area is 112 Å². The number of pyridine rings is 1. The normalized spacial score (nSPS) is 11.0. The molecule has 2 aromatic rings. The van der Waals surface area contributed by atoms with Crippen LogP contribution in [0.1, 0.15) is 47.3 Å². The largest absolute Gasteiger partial charge is 0.478 e. The highest BCUT2D eigenvalue weighted by Gasteiger charge is 2.17. The number of carboxylic acid groups (broad SMARTS) is 1. The predicted octanol–water partition coefficient (Wildman–Crippen LogP) is 3.78.